The highest BCUT2D eigenvalue weighted by atomic mass is 16.1. The summed E-state index contributed by atoms with van der Waals surface area (Å²) in [6.07, 6.45) is 1.75. The minimum Gasteiger partial charge on any atom is -0.307 e. The smallest absolute Gasteiger partial charge is 0.137 e. The van der Waals surface area contributed by atoms with Crippen molar-refractivity contribution in [1.82, 2.24) is 10.2 Å². The van der Waals surface area contributed by atoms with E-state index in [1.54, 1.807) is 0 Å². The lowest BCUT2D eigenvalue weighted by molar-refractivity contribution is -0.109. The van der Waals surface area contributed by atoms with Gasteiger partial charge < -0.3 is 15.0 Å². The van der Waals surface area contributed by atoms with Crippen LogP contribution in [0.25, 0.3) is 0 Å². The predicted octanol–water partition coefficient (Wildman–Crippen LogP) is 2.75. The second-order valence-electron chi connectivity index (χ2n) is 5.24. The van der Waals surface area contributed by atoms with Gasteiger partial charge in [-0.2, -0.15) is 0 Å². The average molecular weight is 278 g/mol. The maximum Gasteiger partial charge on any atom is 0.137 e. The molecule has 1 aromatic rings. The lowest BCUT2D eigenvalue weighted by atomic mass is 10.1. The minimum absolute atomic E-state index is 0.0719. The molecule has 0 unspecified atom stereocenters. The van der Waals surface area contributed by atoms with Crippen molar-refractivity contribution in [3.63, 3.8) is 0 Å². The van der Waals surface area contributed by atoms with Gasteiger partial charge in [0.15, 0.2) is 0 Å². The largest absolute Gasteiger partial charge is 0.307 e. The molecule has 3 nitrogen and oxygen atoms in total. The molecule has 0 bridgehead atoms. The van der Waals surface area contributed by atoms with Gasteiger partial charge in [-0.1, -0.05) is 58.0 Å². The van der Waals surface area contributed by atoms with Crippen LogP contribution in [-0.4, -0.2) is 43.4 Å². The van der Waals surface area contributed by atoms with Crippen molar-refractivity contribution in [3.8, 4) is 0 Å². The molecular formula is C17H30N2O. The SMILES string of the molecule is CC(C)N[C@H](C=O)Cc1ccccc1.CCN(C)CC. The zero-order chi connectivity index (χ0) is 15.4. The first kappa shape index (κ1) is 18.8. The van der Waals surface area contributed by atoms with Crippen LogP contribution in [0.15, 0.2) is 30.3 Å². The molecule has 1 rings (SSSR count). The van der Waals surface area contributed by atoms with Crippen LogP contribution in [0.2, 0.25) is 0 Å². The van der Waals surface area contributed by atoms with Gasteiger partial charge in [-0.15, -0.1) is 0 Å². The summed E-state index contributed by atoms with van der Waals surface area (Å²) in [5, 5.41) is 3.21. The number of nitrogens with one attached hydrogen (secondary N) is 1. The molecule has 0 aliphatic rings. The third-order valence-electron chi connectivity index (χ3n) is 3.09. The first-order valence-electron chi connectivity index (χ1n) is 7.47. The lowest BCUT2D eigenvalue weighted by Gasteiger charge is -2.15. The Kier molecular flexibility index (Phi) is 10.9. The van der Waals surface area contributed by atoms with E-state index in [-0.39, 0.29) is 6.04 Å². The summed E-state index contributed by atoms with van der Waals surface area (Å²) < 4.78 is 0. The molecule has 0 saturated heterocycles. The molecule has 1 N–H and O–H groups in total. The van der Waals surface area contributed by atoms with E-state index in [0.29, 0.717) is 6.04 Å². The number of rotatable bonds is 7. The molecule has 0 aliphatic heterocycles. The summed E-state index contributed by atoms with van der Waals surface area (Å²) >= 11 is 0. The zero-order valence-electron chi connectivity index (χ0n) is 13.6. The van der Waals surface area contributed by atoms with Crippen molar-refractivity contribution >= 4 is 6.29 Å². The van der Waals surface area contributed by atoms with Crippen molar-refractivity contribution in [1.29, 1.82) is 0 Å². The van der Waals surface area contributed by atoms with Gasteiger partial charge in [0, 0.05) is 6.04 Å². The Morgan fingerprint density at radius 2 is 1.70 bits per heavy atom. The van der Waals surface area contributed by atoms with E-state index in [1.165, 1.54) is 5.56 Å². The molecule has 0 aromatic heterocycles. The van der Waals surface area contributed by atoms with Gasteiger partial charge in [-0.05, 0) is 32.1 Å². The molecule has 0 heterocycles. The summed E-state index contributed by atoms with van der Waals surface area (Å²) in [5.74, 6) is 0. The average Bonchev–Trinajstić information content (AvgIpc) is 2.47. The van der Waals surface area contributed by atoms with Crippen LogP contribution in [0.5, 0.6) is 0 Å². The number of nitrogens with zero attached hydrogens (tertiary/aromatic N) is 1. The van der Waals surface area contributed by atoms with Gasteiger partial charge in [0.1, 0.15) is 6.29 Å². The second kappa shape index (κ2) is 11.6. The van der Waals surface area contributed by atoms with Crippen molar-refractivity contribution in [2.75, 3.05) is 20.1 Å². The van der Waals surface area contributed by atoms with Crippen LogP contribution in [0.4, 0.5) is 0 Å². The molecule has 1 atom stereocenters. The zero-order valence-corrected chi connectivity index (χ0v) is 13.6. The first-order valence-corrected chi connectivity index (χ1v) is 7.47. The van der Waals surface area contributed by atoms with E-state index >= 15 is 0 Å². The van der Waals surface area contributed by atoms with Crippen molar-refractivity contribution in [3.05, 3.63) is 35.9 Å². The van der Waals surface area contributed by atoms with Gasteiger partial charge in [-0.25, -0.2) is 0 Å². The second-order valence-corrected chi connectivity index (χ2v) is 5.24. The number of hydrogen-bond donors (Lipinski definition) is 1. The third-order valence-corrected chi connectivity index (χ3v) is 3.09. The Hall–Kier alpha value is -1.19. The van der Waals surface area contributed by atoms with E-state index in [0.717, 1.165) is 25.8 Å². The van der Waals surface area contributed by atoms with E-state index in [4.69, 9.17) is 0 Å². The molecule has 0 saturated carbocycles. The molecule has 0 amide bonds. The fraction of sp³-hybridized carbons (Fsp3) is 0.588. The summed E-state index contributed by atoms with van der Waals surface area (Å²) in [6.45, 7) is 10.7. The molecule has 0 spiro atoms. The molecule has 0 fully saturated rings. The third kappa shape index (κ3) is 9.70. The normalized spacial score (nSPS) is 11.9. The maximum absolute atomic E-state index is 10.8. The number of carbonyl (C=O) groups is 1. The number of aldehydes is 1. The summed E-state index contributed by atoms with van der Waals surface area (Å²) in [5.41, 5.74) is 1.19. The van der Waals surface area contributed by atoms with Crippen LogP contribution >= 0.6 is 0 Å². The minimum atomic E-state index is -0.0719. The Labute approximate surface area is 124 Å². The monoisotopic (exact) mass is 278 g/mol. The summed E-state index contributed by atoms with van der Waals surface area (Å²) in [6, 6.07) is 10.3. The molecule has 0 radical (unpaired) electrons. The van der Waals surface area contributed by atoms with E-state index in [1.807, 2.05) is 44.2 Å². The Morgan fingerprint density at radius 1 is 1.15 bits per heavy atom. The van der Waals surface area contributed by atoms with E-state index in [9.17, 15) is 4.79 Å². The molecule has 114 valence electrons. The number of benzene rings is 1. The van der Waals surface area contributed by atoms with Crippen LogP contribution in [-0.2, 0) is 11.2 Å². The Balaban J connectivity index is 0.000000511. The lowest BCUT2D eigenvalue weighted by Crippen LogP contribution is -2.37. The molecule has 0 aliphatic carbocycles. The predicted molar refractivity (Wildman–Crippen MR) is 87.1 cm³/mol. The Morgan fingerprint density at radius 3 is 2.05 bits per heavy atom. The van der Waals surface area contributed by atoms with Crippen molar-refractivity contribution < 1.29 is 4.79 Å². The van der Waals surface area contributed by atoms with Gasteiger partial charge in [0.2, 0.25) is 0 Å². The van der Waals surface area contributed by atoms with Crippen molar-refractivity contribution in [2.24, 2.45) is 0 Å². The van der Waals surface area contributed by atoms with Crippen LogP contribution < -0.4 is 5.32 Å². The maximum atomic E-state index is 10.8. The fourth-order valence-electron chi connectivity index (χ4n) is 1.67. The molecular weight excluding hydrogens is 248 g/mol. The van der Waals surface area contributed by atoms with Gasteiger partial charge >= 0.3 is 0 Å². The summed E-state index contributed by atoms with van der Waals surface area (Å²) in [4.78, 5) is 13.0. The van der Waals surface area contributed by atoms with Crippen molar-refractivity contribution in [2.45, 2.75) is 46.2 Å². The Bertz CT molecular complexity index is 334. The molecule has 20 heavy (non-hydrogen) atoms. The van der Waals surface area contributed by atoms with Crippen LogP contribution in [0, 0.1) is 0 Å². The van der Waals surface area contributed by atoms with E-state index < -0.39 is 0 Å². The fourth-order valence-corrected chi connectivity index (χ4v) is 1.67. The summed E-state index contributed by atoms with van der Waals surface area (Å²) in [7, 11) is 2.11. The topological polar surface area (TPSA) is 32.3 Å². The molecule has 3 heteroatoms. The standard InChI is InChI=1S/C12H17NO.C5H13N/c1-10(2)13-12(9-14)8-11-6-4-3-5-7-11;1-4-6(3)5-2/h3-7,9-10,12-13H,8H2,1-2H3;4-5H2,1-3H3/t12-;/m0./s1. The highest BCUT2D eigenvalue weighted by molar-refractivity contribution is 5.58. The van der Waals surface area contributed by atoms with Gasteiger partial charge in [0.05, 0.1) is 6.04 Å². The first-order chi connectivity index (χ1) is 9.53. The highest BCUT2D eigenvalue weighted by Gasteiger charge is 2.08. The van der Waals surface area contributed by atoms with Crippen LogP contribution in [0.3, 0.4) is 0 Å². The highest BCUT2D eigenvalue weighted by Crippen LogP contribution is 2.02. The van der Waals surface area contributed by atoms with Gasteiger partial charge in [-0.3, -0.25) is 0 Å². The molecule has 1 aromatic carbocycles. The number of carbonyl (C=O) groups excluding carboxylic acids is 1. The van der Waals surface area contributed by atoms with Gasteiger partial charge in [0.25, 0.3) is 0 Å². The van der Waals surface area contributed by atoms with E-state index in [2.05, 4.69) is 31.1 Å². The van der Waals surface area contributed by atoms with Crippen LogP contribution in [0.1, 0.15) is 33.3 Å². The number of hydrogen-bond acceptors (Lipinski definition) is 3. The quantitative estimate of drug-likeness (QED) is 0.778.